The Hall–Kier alpha value is -2.75. The van der Waals surface area contributed by atoms with Crippen molar-refractivity contribution in [2.75, 3.05) is 6.61 Å². The number of ether oxygens (including phenoxy) is 1. The van der Waals surface area contributed by atoms with Crippen LogP contribution in [0.2, 0.25) is 0 Å². The van der Waals surface area contributed by atoms with Crippen LogP contribution < -0.4 is 4.74 Å². The van der Waals surface area contributed by atoms with Gasteiger partial charge in [-0.3, -0.25) is 0 Å². The highest BCUT2D eigenvalue weighted by atomic mass is 16.5. The number of rotatable bonds is 3. The lowest BCUT2D eigenvalue weighted by Gasteiger charge is -2.06. The number of hydrogen-bond donors (Lipinski definition) is 1. The smallest absolute Gasteiger partial charge is 0.119 e. The van der Waals surface area contributed by atoms with Crippen molar-refractivity contribution >= 4 is 0 Å². The van der Waals surface area contributed by atoms with E-state index in [9.17, 15) is 0 Å². The number of nitriles is 1. The van der Waals surface area contributed by atoms with Gasteiger partial charge in [0, 0.05) is 5.56 Å². The molecule has 20 heavy (non-hydrogen) atoms. The summed E-state index contributed by atoms with van der Waals surface area (Å²) in [6.45, 7) is 0.310. The second-order valence-electron chi connectivity index (χ2n) is 4.08. The Kier molecular flexibility index (Phi) is 4.78. The summed E-state index contributed by atoms with van der Waals surface area (Å²) >= 11 is 0. The first-order chi connectivity index (χ1) is 9.81. The molecule has 0 spiro atoms. The van der Waals surface area contributed by atoms with Gasteiger partial charge < -0.3 is 9.84 Å². The fraction of sp³-hybridized carbons (Fsp3) is 0.118. The summed E-state index contributed by atoms with van der Waals surface area (Å²) in [6, 6.07) is 16.7. The van der Waals surface area contributed by atoms with Crippen molar-refractivity contribution in [1.82, 2.24) is 0 Å². The minimum Gasteiger partial charge on any atom is -0.489 e. The molecule has 0 radical (unpaired) electrons. The van der Waals surface area contributed by atoms with Gasteiger partial charge in [-0.25, -0.2) is 0 Å². The number of aliphatic hydroxyl groups is 1. The maximum absolute atomic E-state index is 8.72. The van der Waals surface area contributed by atoms with Gasteiger partial charge in [0.25, 0.3) is 0 Å². The van der Waals surface area contributed by atoms with E-state index in [-0.39, 0.29) is 6.61 Å². The Morgan fingerprint density at radius 2 is 1.60 bits per heavy atom. The minimum absolute atomic E-state index is 0.142. The van der Waals surface area contributed by atoms with E-state index in [0.29, 0.717) is 12.2 Å². The van der Waals surface area contributed by atoms with E-state index in [1.807, 2.05) is 36.4 Å². The first-order valence-electron chi connectivity index (χ1n) is 6.13. The summed E-state index contributed by atoms with van der Waals surface area (Å²) < 4.78 is 5.64. The van der Waals surface area contributed by atoms with E-state index < -0.39 is 0 Å². The minimum atomic E-state index is -0.142. The van der Waals surface area contributed by atoms with Crippen LogP contribution >= 0.6 is 0 Å². The normalized spacial score (nSPS) is 9.20. The summed E-state index contributed by atoms with van der Waals surface area (Å²) in [5.41, 5.74) is 2.48. The van der Waals surface area contributed by atoms with E-state index in [1.165, 1.54) is 0 Å². The molecule has 0 fully saturated rings. The van der Waals surface area contributed by atoms with E-state index >= 15 is 0 Å². The van der Waals surface area contributed by atoms with Gasteiger partial charge in [0.05, 0.1) is 11.6 Å². The molecule has 2 aromatic rings. The average molecular weight is 263 g/mol. The molecule has 0 saturated heterocycles. The maximum atomic E-state index is 8.72. The lowest BCUT2D eigenvalue weighted by atomic mass is 10.1. The molecule has 2 aromatic carbocycles. The fourth-order valence-corrected chi connectivity index (χ4v) is 1.62. The van der Waals surface area contributed by atoms with Crippen LogP contribution in [0.1, 0.15) is 16.7 Å². The third kappa shape index (κ3) is 3.88. The molecule has 1 N–H and O–H groups in total. The van der Waals surface area contributed by atoms with Gasteiger partial charge in [-0.2, -0.15) is 5.26 Å². The SMILES string of the molecule is N#Cc1ccc(COc2ccc(C#CCO)cc2)cc1. The number of hydrogen-bond acceptors (Lipinski definition) is 3. The average Bonchev–Trinajstić information content (AvgIpc) is 2.52. The molecule has 0 atom stereocenters. The van der Waals surface area contributed by atoms with Gasteiger partial charge in [-0.15, -0.1) is 0 Å². The Balaban J connectivity index is 1.95. The molecule has 0 aliphatic heterocycles. The van der Waals surface area contributed by atoms with Gasteiger partial charge in [0.2, 0.25) is 0 Å². The van der Waals surface area contributed by atoms with Crippen LogP contribution in [0.5, 0.6) is 5.75 Å². The third-order valence-corrected chi connectivity index (χ3v) is 2.65. The molecule has 0 bridgehead atoms. The zero-order valence-corrected chi connectivity index (χ0v) is 10.8. The van der Waals surface area contributed by atoms with Crippen LogP contribution in [0.3, 0.4) is 0 Å². The largest absolute Gasteiger partial charge is 0.489 e. The van der Waals surface area contributed by atoms with E-state index in [4.69, 9.17) is 15.1 Å². The fourth-order valence-electron chi connectivity index (χ4n) is 1.62. The standard InChI is InChI=1S/C17H13NO2/c18-12-15-3-5-16(6-4-15)13-20-17-9-7-14(8-10-17)2-1-11-19/h3-10,19H,11,13H2. The van der Waals surface area contributed by atoms with Crippen LogP contribution in [-0.4, -0.2) is 11.7 Å². The molecule has 2 rings (SSSR count). The lowest BCUT2D eigenvalue weighted by Crippen LogP contribution is -1.95. The molecule has 0 aliphatic rings. The zero-order valence-electron chi connectivity index (χ0n) is 10.8. The Bertz CT molecular complexity index is 655. The molecular weight excluding hydrogens is 250 g/mol. The number of benzene rings is 2. The van der Waals surface area contributed by atoms with Crippen molar-refractivity contribution < 1.29 is 9.84 Å². The van der Waals surface area contributed by atoms with E-state index in [1.54, 1.807) is 12.1 Å². The van der Waals surface area contributed by atoms with Gasteiger partial charge in [0.15, 0.2) is 0 Å². The predicted molar refractivity (Wildman–Crippen MR) is 75.9 cm³/mol. The second-order valence-corrected chi connectivity index (χ2v) is 4.08. The summed E-state index contributed by atoms with van der Waals surface area (Å²) in [7, 11) is 0. The lowest BCUT2D eigenvalue weighted by molar-refractivity contribution is 0.306. The topological polar surface area (TPSA) is 53.2 Å². The highest BCUT2D eigenvalue weighted by Crippen LogP contribution is 2.14. The molecule has 3 heteroatoms. The Labute approximate surface area is 118 Å². The van der Waals surface area contributed by atoms with E-state index in [2.05, 4.69) is 17.9 Å². The van der Waals surface area contributed by atoms with Crippen LogP contribution in [0.4, 0.5) is 0 Å². The van der Waals surface area contributed by atoms with E-state index in [0.717, 1.165) is 16.9 Å². The monoisotopic (exact) mass is 263 g/mol. The second kappa shape index (κ2) is 6.99. The first kappa shape index (κ1) is 13.7. The van der Waals surface area contributed by atoms with Crippen LogP contribution in [0, 0.1) is 23.2 Å². The van der Waals surface area contributed by atoms with Crippen molar-refractivity contribution in [2.24, 2.45) is 0 Å². The quantitative estimate of drug-likeness (QED) is 0.865. The van der Waals surface area contributed by atoms with Gasteiger partial charge >= 0.3 is 0 Å². The molecule has 0 amide bonds. The van der Waals surface area contributed by atoms with Crippen molar-refractivity contribution in [1.29, 1.82) is 5.26 Å². The molecule has 0 saturated carbocycles. The highest BCUT2D eigenvalue weighted by Gasteiger charge is 1.97. The summed E-state index contributed by atoms with van der Waals surface area (Å²) in [5.74, 6) is 6.17. The Morgan fingerprint density at radius 3 is 2.20 bits per heavy atom. The number of nitrogens with zero attached hydrogens (tertiary/aromatic N) is 1. The Morgan fingerprint density at radius 1 is 0.950 bits per heavy atom. The van der Waals surface area contributed by atoms with Crippen molar-refractivity contribution in [3.63, 3.8) is 0 Å². The van der Waals surface area contributed by atoms with Crippen molar-refractivity contribution in [3.8, 4) is 23.7 Å². The van der Waals surface area contributed by atoms with Gasteiger partial charge in [-0.05, 0) is 42.0 Å². The summed E-state index contributed by atoms with van der Waals surface area (Å²) in [4.78, 5) is 0. The van der Waals surface area contributed by atoms with Crippen molar-refractivity contribution in [2.45, 2.75) is 6.61 Å². The zero-order chi connectivity index (χ0) is 14.2. The maximum Gasteiger partial charge on any atom is 0.119 e. The number of aliphatic hydroxyl groups excluding tert-OH is 1. The molecular formula is C17H13NO2. The summed E-state index contributed by atoms with van der Waals surface area (Å²) in [5, 5.41) is 17.3. The third-order valence-electron chi connectivity index (χ3n) is 2.65. The highest BCUT2D eigenvalue weighted by molar-refractivity contribution is 5.38. The molecule has 0 heterocycles. The van der Waals surface area contributed by atoms with Crippen LogP contribution in [0.15, 0.2) is 48.5 Å². The van der Waals surface area contributed by atoms with Crippen LogP contribution in [0.25, 0.3) is 0 Å². The molecule has 0 unspecified atom stereocenters. The predicted octanol–water partition coefficient (Wildman–Crippen LogP) is 2.48. The van der Waals surface area contributed by atoms with Gasteiger partial charge in [-0.1, -0.05) is 24.0 Å². The van der Waals surface area contributed by atoms with Crippen molar-refractivity contribution in [3.05, 3.63) is 65.2 Å². The molecule has 3 nitrogen and oxygen atoms in total. The molecule has 98 valence electrons. The van der Waals surface area contributed by atoms with Crippen LogP contribution in [-0.2, 0) is 6.61 Å². The summed E-state index contributed by atoms with van der Waals surface area (Å²) in [6.07, 6.45) is 0. The molecule has 0 aliphatic carbocycles. The first-order valence-corrected chi connectivity index (χ1v) is 6.13. The molecule has 0 aromatic heterocycles. The van der Waals surface area contributed by atoms with Gasteiger partial charge in [0.1, 0.15) is 19.0 Å².